The van der Waals surface area contributed by atoms with E-state index in [-0.39, 0.29) is 23.3 Å². The zero-order chi connectivity index (χ0) is 15.1. The lowest BCUT2D eigenvalue weighted by Gasteiger charge is -2.52. The van der Waals surface area contributed by atoms with Gasteiger partial charge in [0.25, 0.3) is 0 Å². The van der Waals surface area contributed by atoms with Crippen molar-refractivity contribution in [1.29, 1.82) is 0 Å². The normalized spacial score (nSPS) is 30.9. The molecule has 1 amide bonds. The molecule has 0 radical (unpaired) electrons. The SMILES string of the molecule is CC(=O)N(C1CC1)C1(C(=O)O)CCCCC1C(C)(C)C. The van der Waals surface area contributed by atoms with E-state index in [0.717, 1.165) is 32.1 Å². The second-order valence-electron chi connectivity index (χ2n) is 7.51. The van der Waals surface area contributed by atoms with Gasteiger partial charge in [-0.05, 0) is 37.0 Å². The molecule has 1 N–H and O–H groups in total. The lowest BCUT2D eigenvalue weighted by atomic mass is 9.61. The van der Waals surface area contributed by atoms with E-state index in [1.54, 1.807) is 4.90 Å². The Labute approximate surface area is 121 Å². The third kappa shape index (κ3) is 2.45. The van der Waals surface area contributed by atoms with Crippen LogP contribution in [0.1, 0.15) is 66.2 Å². The molecule has 4 heteroatoms. The van der Waals surface area contributed by atoms with Crippen LogP contribution in [0.3, 0.4) is 0 Å². The summed E-state index contributed by atoms with van der Waals surface area (Å²) in [5, 5.41) is 10.0. The van der Waals surface area contributed by atoms with Crippen molar-refractivity contribution in [2.45, 2.75) is 77.8 Å². The summed E-state index contributed by atoms with van der Waals surface area (Å²) >= 11 is 0. The Morgan fingerprint density at radius 3 is 2.15 bits per heavy atom. The van der Waals surface area contributed by atoms with Gasteiger partial charge in [-0.15, -0.1) is 0 Å². The molecule has 2 unspecified atom stereocenters. The van der Waals surface area contributed by atoms with Crippen molar-refractivity contribution in [1.82, 2.24) is 4.90 Å². The van der Waals surface area contributed by atoms with E-state index >= 15 is 0 Å². The number of carbonyl (C=O) groups excluding carboxylic acids is 1. The molecule has 0 saturated heterocycles. The van der Waals surface area contributed by atoms with Gasteiger partial charge in [-0.2, -0.15) is 0 Å². The van der Waals surface area contributed by atoms with E-state index in [0.29, 0.717) is 6.42 Å². The highest BCUT2D eigenvalue weighted by Crippen LogP contribution is 2.50. The molecule has 2 aliphatic carbocycles. The summed E-state index contributed by atoms with van der Waals surface area (Å²) in [6, 6.07) is 0.145. The molecule has 0 aliphatic heterocycles. The first-order valence-electron chi connectivity index (χ1n) is 7.74. The van der Waals surface area contributed by atoms with Gasteiger partial charge in [0.1, 0.15) is 5.54 Å². The van der Waals surface area contributed by atoms with Gasteiger partial charge in [0.05, 0.1) is 0 Å². The lowest BCUT2D eigenvalue weighted by molar-refractivity contribution is -0.172. The van der Waals surface area contributed by atoms with Crippen LogP contribution < -0.4 is 0 Å². The van der Waals surface area contributed by atoms with Gasteiger partial charge in [0.2, 0.25) is 5.91 Å². The van der Waals surface area contributed by atoms with Crippen LogP contribution in [0.15, 0.2) is 0 Å². The van der Waals surface area contributed by atoms with Crippen LogP contribution in [0, 0.1) is 11.3 Å². The first kappa shape index (κ1) is 15.3. The standard InChI is InChI=1S/C16H27NO3/c1-11(18)17(12-8-9-12)16(14(19)20)10-6-5-7-13(16)15(2,3)4/h12-13H,5-10H2,1-4H3,(H,19,20). The summed E-state index contributed by atoms with van der Waals surface area (Å²) in [4.78, 5) is 26.1. The number of hydrogen-bond donors (Lipinski definition) is 1. The Kier molecular flexibility index (Phi) is 3.87. The highest BCUT2D eigenvalue weighted by Gasteiger charge is 2.59. The first-order chi connectivity index (χ1) is 9.21. The van der Waals surface area contributed by atoms with Gasteiger partial charge in [-0.25, -0.2) is 4.79 Å². The van der Waals surface area contributed by atoms with Gasteiger partial charge in [0, 0.05) is 13.0 Å². The quantitative estimate of drug-likeness (QED) is 0.865. The fraction of sp³-hybridized carbons (Fsp3) is 0.875. The molecule has 0 aromatic heterocycles. The molecule has 0 aromatic carbocycles. The molecule has 2 aliphatic rings. The van der Waals surface area contributed by atoms with Crippen molar-refractivity contribution in [2.75, 3.05) is 0 Å². The van der Waals surface area contributed by atoms with Crippen LogP contribution in [0.2, 0.25) is 0 Å². The van der Waals surface area contributed by atoms with E-state index in [1.165, 1.54) is 6.92 Å². The van der Waals surface area contributed by atoms with Crippen LogP contribution in [-0.2, 0) is 9.59 Å². The van der Waals surface area contributed by atoms with E-state index in [2.05, 4.69) is 20.8 Å². The molecular weight excluding hydrogens is 254 g/mol. The van der Waals surface area contributed by atoms with Crippen molar-refractivity contribution in [3.05, 3.63) is 0 Å². The second-order valence-corrected chi connectivity index (χ2v) is 7.51. The minimum Gasteiger partial charge on any atom is -0.479 e. The maximum Gasteiger partial charge on any atom is 0.329 e. The number of hydrogen-bond acceptors (Lipinski definition) is 2. The molecule has 0 bridgehead atoms. The largest absolute Gasteiger partial charge is 0.479 e. The maximum absolute atomic E-state index is 12.2. The molecule has 20 heavy (non-hydrogen) atoms. The van der Waals surface area contributed by atoms with Crippen LogP contribution >= 0.6 is 0 Å². The lowest BCUT2D eigenvalue weighted by Crippen LogP contribution is -2.65. The van der Waals surface area contributed by atoms with Gasteiger partial charge >= 0.3 is 5.97 Å². The highest BCUT2D eigenvalue weighted by molar-refractivity contribution is 5.87. The molecule has 2 fully saturated rings. The predicted molar refractivity (Wildman–Crippen MR) is 77.3 cm³/mol. The first-order valence-corrected chi connectivity index (χ1v) is 7.74. The summed E-state index contributed by atoms with van der Waals surface area (Å²) in [5.41, 5.74) is -1.11. The minimum absolute atomic E-state index is 0.0192. The Balaban J connectivity index is 2.49. The molecule has 114 valence electrons. The number of rotatable bonds is 3. The number of amides is 1. The molecule has 2 rings (SSSR count). The Bertz CT molecular complexity index is 408. The third-order valence-corrected chi connectivity index (χ3v) is 4.97. The van der Waals surface area contributed by atoms with E-state index in [9.17, 15) is 14.7 Å². The summed E-state index contributed by atoms with van der Waals surface area (Å²) in [6.07, 6.45) is 5.35. The molecular formula is C16H27NO3. The molecule has 0 aromatic rings. The van der Waals surface area contributed by atoms with E-state index in [1.807, 2.05) is 0 Å². The van der Waals surface area contributed by atoms with Crippen molar-refractivity contribution in [3.8, 4) is 0 Å². The van der Waals surface area contributed by atoms with Crippen molar-refractivity contribution in [3.63, 3.8) is 0 Å². The number of carbonyl (C=O) groups is 2. The second kappa shape index (κ2) is 5.05. The van der Waals surface area contributed by atoms with Crippen LogP contribution in [0.5, 0.6) is 0 Å². The van der Waals surface area contributed by atoms with Gasteiger partial charge in [-0.3, -0.25) is 4.79 Å². The number of carboxylic acids is 1. The van der Waals surface area contributed by atoms with Gasteiger partial charge in [0.15, 0.2) is 0 Å². The van der Waals surface area contributed by atoms with Crippen molar-refractivity contribution >= 4 is 11.9 Å². The van der Waals surface area contributed by atoms with Crippen molar-refractivity contribution in [2.24, 2.45) is 11.3 Å². The summed E-state index contributed by atoms with van der Waals surface area (Å²) in [5.74, 6) is -0.865. The summed E-state index contributed by atoms with van der Waals surface area (Å²) in [6.45, 7) is 7.83. The fourth-order valence-electron chi connectivity index (χ4n) is 4.15. The Hall–Kier alpha value is -1.06. The van der Waals surface area contributed by atoms with E-state index < -0.39 is 11.5 Å². The third-order valence-electron chi connectivity index (χ3n) is 4.97. The number of nitrogens with zero attached hydrogens (tertiary/aromatic N) is 1. The summed E-state index contributed by atoms with van der Waals surface area (Å²) < 4.78 is 0. The topological polar surface area (TPSA) is 57.6 Å². The fourth-order valence-corrected chi connectivity index (χ4v) is 4.15. The van der Waals surface area contributed by atoms with Crippen LogP contribution in [-0.4, -0.2) is 33.5 Å². The van der Waals surface area contributed by atoms with Crippen LogP contribution in [0.25, 0.3) is 0 Å². The van der Waals surface area contributed by atoms with Gasteiger partial charge < -0.3 is 10.0 Å². The molecule has 4 nitrogen and oxygen atoms in total. The monoisotopic (exact) mass is 281 g/mol. The number of aliphatic carboxylic acids is 1. The smallest absolute Gasteiger partial charge is 0.329 e. The maximum atomic E-state index is 12.2. The Morgan fingerprint density at radius 1 is 1.15 bits per heavy atom. The van der Waals surface area contributed by atoms with Gasteiger partial charge in [-0.1, -0.05) is 33.6 Å². The van der Waals surface area contributed by atoms with Crippen molar-refractivity contribution < 1.29 is 14.7 Å². The zero-order valence-corrected chi connectivity index (χ0v) is 13.1. The number of carboxylic acid groups (broad SMARTS) is 1. The average molecular weight is 281 g/mol. The molecule has 0 heterocycles. The molecule has 2 atom stereocenters. The molecule has 2 saturated carbocycles. The minimum atomic E-state index is -0.997. The van der Waals surface area contributed by atoms with E-state index in [4.69, 9.17) is 0 Å². The Morgan fingerprint density at radius 2 is 1.75 bits per heavy atom. The molecule has 0 spiro atoms. The predicted octanol–water partition coefficient (Wildman–Crippen LogP) is 3.06. The zero-order valence-electron chi connectivity index (χ0n) is 13.1. The summed E-state index contributed by atoms with van der Waals surface area (Å²) in [7, 11) is 0. The van der Waals surface area contributed by atoms with Crippen LogP contribution in [0.4, 0.5) is 0 Å². The highest BCUT2D eigenvalue weighted by atomic mass is 16.4. The average Bonchev–Trinajstić information content (AvgIpc) is 3.12.